The lowest BCUT2D eigenvalue weighted by molar-refractivity contribution is 0.313. The van der Waals surface area contributed by atoms with E-state index >= 15 is 0 Å². The zero-order valence-corrected chi connectivity index (χ0v) is 12.6. The van der Waals surface area contributed by atoms with Crippen LogP contribution < -0.4 is 16.2 Å². The Bertz CT molecular complexity index is 489. The third-order valence-corrected chi connectivity index (χ3v) is 4.13. The molecule has 0 bridgehead atoms. The van der Waals surface area contributed by atoms with Gasteiger partial charge < -0.3 is 10.6 Å². The highest BCUT2D eigenvalue weighted by Gasteiger charge is 2.17. The minimum Gasteiger partial charge on any atom is -0.370 e. The van der Waals surface area contributed by atoms with Gasteiger partial charge in [-0.1, -0.05) is 13.8 Å². The second-order valence-electron chi connectivity index (χ2n) is 6.44. The molecule has 0 spiro atoms. The van der Waals surface area contributed by atoms with E-state index in [9.17, 15) is 4.79 Å². The van der Waals surface area contributed by atoms with Crippen molar-refractivity contribution in [3.05, 3.63) is 22.6 Å². The van der Waals surface area contributed by atoms with Crippen LogP contribution in [0.2, 0.25) is 0 Å². The van der Waals surface area contributed by atoms with E-state index in [1.807, 2.05) is 6.20 Å². The number of hydrogen-bond donors (Lipinski definition) is 1. The van der Waals surface area contributed by atoms with Crippen molar-refractivity contribution in [3.8, 4) is 0 Å². The van der Waals surface area contributed by atoms with Crippen LogP contribution in [-0.4, -0.2) is 29.4 Å². The Balaban J connectivity index is 2.04. The summed E-state index contributed by atoms with van der Waals surface area (Å²) in [5.41, 5.74) is 6.71. The average Bonchev–Trinajstić information content (AvgIpc) is 2.47. The number of nitrogens with zero attached hydrogens (tertiary/aromatic N) is 3. The fourth-order valence-corrected chi connectivity index (χ4v) is 2.43. The maximum Gasteiger partial charge on any atom is 0.268 e. The number of anilines is 1. The summed E-state index contributed by atoms with van der Waals surface area (Å²) in [6.45, 7) is 7.54. The molecule has 1 aromatic heterocycles. The normalized spacial score (nSPS) is 16.4. The van der Waals surface area contributed by atoms with Crippen LogP contribution in [0.3, 0.4) is 0 Å². The molecule has 5 nitrogen and oxygen atoms in total. The summed E-state index contributed by atoms with van der Waals surface area (Å²) < 4.78 is 1.55. The van der Waals surface area contributed by atoms with Crippen molar-refractivity contribution in [1.82, 2.24) is 9.78 Å². The molecule has 5 heteroatoms. The first kappa shape index (κ1) is 15.0. The summed E-state index contributed by atoms with van der Waals surface area (Å²) >= 11 is 0. The summed E-state index contributed by atoms with van der Waals surface area (Å²) in [5, 5.41) is 4.31. The predicted octanol–water partition coefficient (Wildman–Crippen LogP) is 1.61. The minimum atomic E-state index is -0.0131. The molecule has 112 valence electrons. The molecule has 0 amide bonds. The van der Waals surface area contributed by atoms with Crippen molar-refractivity contribution in [2.24, 2.45) is 11.1 Å². The SMILES string of the molecule is CC(C)(CN)CCn1ncc(N2CCCCC2)cc1=O. The molecule has 0 aromatic carbocycles. The lowest BCUT2D eigenvalue weighted by Crippen LogP contribution is -2.33. The van der Waals surface area contributed by atoms with Gasteiger partial charge in [0.1, 0.15) is 0 Å². The summed E-state index contributed by atoms with van der Waals surface area (Å²) in [5.74, 6) is 0. The van der Waals surface area contributed by atoms with Gasteiger partial charge in [0.25, 0.3) is 5.56 Å². The molecule has 2 rings (SSSR count). The van der Waals surface area contributed by atoms with Crippen molar-refractivity contribution in [2.45, 2.75) is 46.1 Å². The summed E-state index contributed by atoms with van der Waals surface area (Å²) in [7, 11) is 0. The van der Waals surface area contributed by atoms with Gasteiger partial charge in [-0.05, 0) is 37.6 Å². The van der Waals surface area contributed by atoms with Crippen molar-refractivity contribution in [1.29, 1.82) is 0 Å². The van der Waals surface area contributed by atoms with E-state index < -0.39 is 0 Å². The Hall–Kier alpha value is -1.36. The van der Waals surface area contributed by atoms with Gasteiger partial charge in [0.15, 0.2) is 0 Å². The van der Waals surface area contributed by atoms with E-state index in [1.165, 1.54) is 19.3 Å². The molecule has 1 fully saturated rings. The molecule has 1 aromatic rings. The van der Waals surface area contributed by atoms with Crippen LogP contribution in [0.5, 0.6) is 0 Å². The topological polar surface area (TPSA) is 64.2 Å². The lowest BCUT2D eigenvalue weighted by Gasteiger charge is -2.28. The summed E-state index contributed by atoms with van der Waals surface area (Å²) in [6, 6.07) is 1.72. The van der Waals surface area contributed by atoms with Crippen LogP contribution >= 0.6 is 0 Å². The molecule has 1 aliphatic rings. The molecule has 0 aliphatic carbocycles. The first-order chi connectivity index (χ1) is 9.52. The summed E-state index contributed by atoms with van der Waals surface area (Å²) in [6.07, 6.45) is 6.37. The number of piperidine rings is 1. The van der Waals surface area contributed by atoms with E-state index in [0.29, 0.717) is 13.1 Å². The Labute approximate surface area is 120 Å². The van der Waals surface area contributed by atoms with Crippen LogP contribution in [0.1, 0.15) is 39.5 Å². The van der Waals surface area contributed by atoms with Gasteiger partial charge in [-0.25, -0.2) is 4.68 Å². The fourth-order valence-electron chi connectivity index (χ4n) is 2.43. The zero-order chi connectivity index (χ0) is 14.6. The largest absolute Gasteiger partial charge is 0.370 e. The van der Waals surface area contributed by atoms with Gasteiger partial charge in [-0.15, -0.1) is 0 Å². The Kier molecular flexibility index (Phi) is 4.81. The highest BCUT2D eigenvalue weighted by Crippen LogP contribution is 2.19. The number of aryl methyl sites for hydroxylation is 1. The number of rotatable bonds is 5. The molecule has 1 saturated heterocycles. The molecule has 0 radical (unpaired) electrons. The first-order valence-corrected chi connectivity index (χ1v) is 7.54. The highest BCUT2D eigenvalue weighted by atomic mass is 16.1. The third-order valence-electron chi connectivity index (χ3n) is 4.13. The van der Waals surface area contributed by atoms with E-state index in [0.717, 1.165) is 25.2 Å². The van der Waals surface area contributed by atoms with Gasteiger partial charge in [0.05, 0.1) is 11.9 Å². The van der Waals surface area contributed by atoms with E-state index in [-0.39, 0.29) is 11.0 Å². The molecule has 1 aliphatic heterocycles. The van der Waals surface area contributed by atoms with Crippen molar-refractivity contribution in [2.75, 3.05) is 24.5 Å². The molecular weight excluding hydrogens is 252 g/mol. The molecule has 2 N–H and O–H groups in total. The second kappa shape index (κ2) is 6.39. The lowest BCUT2D eigenvalue weighted by atomic mass is 9.90. The van der Waals surface area contributed by atoms with Crippen LogP contribution in [-0.2, 0) is 6.54 Å². The highest BCUT2D eigenvalue weighted by molar-refractivity contribution is 5.43. The Morgan fingerprint density at radius 2 is 2.00 bits per heavy atom. The third kappa shape index (κ3) is 3.82. The van der Waals surface area contributed by atoms with Gasteiger partial charge in [0, 0.05) is 25.7 Å². The van der Waals surface area contributed by atoms with E-state index in [2.05, 4.69) is 23.8 Å². The number of aromatic nitrogens is 2. The first-order valence-electron chi connectivity index (χ1n) is 7.54. The Morgan fingerprint density at radius 1 is 1.30 bits per heavy atom. The molecule has 20 heavy (non-hydrogen) atoms. The minimum absolute atomic E-state index is 0.0131. The second-order valence-corrected chi connectivity index (χ2v) is 6.44. The number of nitrogens with two attached hydrogens (primary N) is 1. The maximum atomic E-state index is 12.1. The standard InChI is InChI=1S/C15H26N4O/c1-15(2,12-16)6-9-19-14(20)10-13(11-17-19)18-7-4-3-5-8-18/h10-11H,3-9,12,16H2,1-2H3. The molecule has 2 heterocycles. The maximum absolute atomic E-state index is 12.1. The van der Waals surface area contributed by atoms with Crippen molar-refractivity contribution < 1.29 is 0 Å². The fraction of sp³-hybridized carbons (Fsp3) is 0.733. The zero-order valence-electron chi connectivity index (χ0n) is 12.6. The monoisotopic (exact) mass is 278 g/mol. The Morgan fingerprint density at radius 3 is 2.60 bits per heavy atom. The van der Waals surface area contributed by atoms with Gasteiger partial charge in [-0.2, -0.15) is 5.10 Å². The van der Waals surface area contributed by atoms with Crippen LogP contribution in [0.4, 0.5) is 5.69 Å². The van der Waals surface area contributed by atoms with Crippen LogP contribution in [0.15, 0.2) is 17.1 Å². The van der Waals surface area contributed by atoms with Crippen LogP contribution in [0.25, 0.3) is 0 Å². The smallest absolute Gasteiger partial charge is 0.268 e. The molecule has 0 atom stereocenters. The molecule has 0 saturated carbocycles. The van der Waals surface area contributed by atoms with Crippen LogP contribution in [0, 0.1) is 5.41 Å². The van der Waals surface area contributed by atoms with Gasteiger partial charge >= 0.3 is 0 Å². The van der Waals surface area contributed by atoms with Crippen molar-refractivity contribution >= 4 is 5.69 Å². The molecular formula is C15H26N4O. The van der Waals surface area contributed by atoms with Gasteiger partial charge in [0.2, 0.25) is 0 Å². The summed E-state index contributed by atoms with van der Waals surface area (Å²) in [4.78, 5) is 14.4. The number of hydrogen-bond acceptors (Lipinski definition) is 4. The molecule has 0 unspecified atom stereocenters. The van der Waals surface area contributed by atoms with E-state index in [4.69, 9.17) is 5.73 Å². The van der Waals surface area contributed by atoms with Gasteiger partial charge in [-0.3, -0.25) is 4.79 Å². The average molecular weight is 278 g/mol. The predicted molar refractivity (Wildman–Crippen MR) is 82.0 cm³/mol. The quantitative estimate of drug-likeness (QED) is 0.888. The van der Waals surface area contributed by atoms with Crippen molar-refractivity contribution in [3.63, 3.8) is 0 Å². The van der Waals surface area contributed by atoms with E-state index in [1.54, 1.807) is 10.7 Å².